The molecule has 3 heteroatoms. The van der Waals surface area contributed by atoms with Crippen LogP contribution in [0, 0.1) is 5.92 Å². The van der Waals surface area contributed by atoms with Gasteiger partial charge in [-0.2, -0.15) is 0 Å². The lowest BCUT2D eigenvalue weighted by Crippen LogP contribution is -2.38. The first kappa shape index (κ1) is 17.2. The van der Waals surface area contributed by atoms with Crippen LogP contribution in [0.4, 0.5) is 0 Å². The van der Waals surface area contributed by atoms with Gasteiger partial charge in [-0.25, -0.2) is 0 Å². The molecule has 0 aromatic heterocycles. The van der Waals surface area contributed by atoms with E-state index in [9.17, 15) is 0 Å². The monoisotopic (exact) mass is 277 g/mol. The molecule has 0 spiro atoms. The van der Waals surface area contributed by atoms with Gasteiger partial charge < -0.3 is 15.1 Å². The van der Waals surface area contributed by atoms with E-state index in [4.69, 9.17) is 0 Å². The van der Waals surface area contributed by atoms with Crippen LogP contribution in [0.5, 0.6) is 0 Å². The minimum atomic E-state index is 0.728. The first-order chi connectivity index (χ1) is 9.58. The van der Waals surface area contributed by atoms with Gasteiger partial charge in [0.15, 0.2) is 0 Å². The highest BCUT2D eigenvalue weighted by molar-refractivity contribution is 5.14. The van der Waals surface area contributed by atoms with Crippen LogP contribution >= 0.6 is 0 Å². The average molecular weight is 277 g/mol. The molecule has 0 aliphatic rings. The van der Waals surface area contributed by atoms with Crippen molar-refractivity contribution in [1.29, 1.82) is 0 Å². The summed E-state index contributed by atoms with van der Waals surface area (Å²) in [6, 6.07) is 10.6. The van der Waals surface area contributed by atoms with Crippen molar-refractivity contribution in [2.24, 2.45) is 5.92 Å². The normalized spacial score (nSPS) is 11.8. The summed E-state index contributed by atoms with van der Waals surface area (Å²) in [6.07, 6.45) is 0. The largest absolute Gasteiger partial charge is 0.311 e. The first-order valence-corrected chi connectivity index (χ1v) is 7.69. The number of nitrogens with one attached hydrogen (secondary N) is 1. The van der Waals surface area contributed by atoms with E-state index in [2.05, 4.69) is 73.4 Å². The van der Waals surface area contributed by atoms with Gasteiger partial charge >= 0.3 is 0 Å². The van der Waals surface area contributed by atoms with Crippen molar-refractivity contribution in [2.45, 2.75) is 20.4 Å². The van der Waals surface area contributed by atoms with Crippen molar-refractivity contribution in [1.82, 2.24) is 15.1 Å². The summed E-state index contributed by atoms with van der Waals surface area (Å²) < 4.78 is 0. The van der Waals surface area contributed by atoms with Crippen LogP contribution in [0.2, 0.25) is 0 Å². The van der Waals surface area contributed by atoms with Gasteiger partial charge in [-0.1, -0.05) is 44.2 Å². The van der Waals surface area contributed by atoms with Gasteiger partial charge in [-0.3, -0.25) is 0 Å². The Morgan fingerprint density at radius 3 is 2.30 bits per heavy atom. The van der Waals surface area contributed by atoms with E-state index in [1.54, 1.807) is 0 Å². The standard InChI is InChI=1S/C17H31N3/c1-16(2)15-20(13-12-19(3)4)11-10-18-14-17-8-6-5-7-9-17/h5-9,16,18H,10-15H2,1-4H3. The Morgan fingerprint density at radius 2 is 1.70 bits per heavy atom. The lowest BCUT2D eigenvalue weighted by Gasteiger charge is -2.26. The summed E-state index contributed by atoms with van der Waals surface area (Å²) >= 11 is 0. The molecule has 114 valence electrons. The molecular weight excluding hydrogens is 246 g/mol. The summed E-state index contributed by atoms with van der Waals surface area (Å²) in [6.45, 7) is 11.2. The quantitative estimate of drug-likeness (QED) is 0.662. The molecule has 0 radical (unpaired) electrons. The zero-order valence-corrected chi connectivity index (χ0v) is 13.6. The molecule has 0 amide bonds. The van der Waals surface area contributed by atoms with Crippen LogP contribution < -0.4 is 5.32 Å². The Morgan fingerprint density at radius 1 is 1.00 bits per heavy atom. The summed E-state index contributed by atoms with van der Waals surface area (Å²) in [7, 11) is 4.28. The Hall–Kier alpha value is -0.900. The van der Waals surface area contributed by atoms with E-state index in [0.29, 0.717) is 0 Å². The third kappa shape index (κ3) is 8.31. The predicted octanol–water partition coefficient (Wildman–Crippen LogP) is 2.30. The third-order valence-corrected chi connectivity index (χ3v) is 3.26. The molecule has 1 aromatic rings. The molecule has 0 saturated carbocycles. The van der Waals surface area contributed by atoms with Gasteiger partial charge in [0.25, 0.3) is 0 Å². The lowest BCUT2D eigenvalue weighted by molar-refractivity contribution is 0.219. The second-order valence-corrected chi connectivity index (χ2v) is 6.16. The SMILES string of the molecule is CC(C)CN(CCNCc1ccccc1)CCN(C)C. The second kappa shape index (κ2) is 9.92. The molecule has 20 heavy (non-hydrogen) atoms. The van der Waals surface area contributed by atoms with Gasteiger partial charge in [0.1, 0.15) is 0 Å². The van der Waals surface area contributed by atoms with Crippen LogP contribution in [0.15, 0.2) is 30.3 Å². The molecule has 0 bridgehead atoms. The number of hydrogen-bond acceptors (Lipinski definition) is 3. The highest BCUT2D eigenvalue weighted by Gasteiger charge is 2.07. The van der Waals surface area contributed by atoms with E-state index in [0.717, 1.165) is 38.6 Å². The predicted molar refractivity (Wildman–Crippen MR) is 88.0 cm³/mol. The van der Waals surface area contributed by atoms with Crippen molar-refractivity contribution in [2.75, 3.05) is 46.8 Å². The number of rotatable bonds is 10. The molecule has 0 fully saturated rings. The summed E-state index contributed by atoms with van der Waals surface area (Å²) in [5.74, 6) is 0.728. The zero-order valence-electron chi connectivity index (χ0n) is 13.6. The number of benzene rings is 1. The molecule has 0 saturated heterocycles. The van der Waals surface area contributed by atoms with Crippen molar-refractivity contribution >= 4 is 0 Å². The Kier molecular flexibility index (Phi) is 8.51. The van der Waals surface area contributed by atoms with E-state index in [-0.39, 0.29) is 0 Å². The van der Waals surface area contributed by atoms with Gasteiger partial charge in [0.05, 0.1) is 0 Å². The maximum atomic E-state index is 3.54. The maximum Gasteiger partial charge on any atom is 0.0206 e. The molecule has 0 unspecified atom stereocenters. The van der Waals surface area contributed by atoms with Crippen molar-refractivity contribution in [3.8, 4) is 0 Å². The Labute approximate surface area is 125 Å². The highest BCUT2D eigenvalue weighted by Crippen LogP contribution is 1.99. The molecule has 3 nitrogen and oxygen atoms in total. The number of likely N-dealkylation sites (N-methyl/N-ethyl adjacent to an activating group) is 1. The van der Waals surface area contributed by atoms with Crippen molar-refractivity contribution in [3.63, 3.8) is 0 Å². The topological polar surface area (TPSA) is 18.5 Å². The zero-order chi connectivity index (χ0) is 14.8. The van der Waals surface area contributed by atoms with Crippen LogP contribution in [0.25, 0.3) is 0 Å². The second-order valence-electron chi connectivity index (χ2n) is 6.16. The third-order valence-electron chi connectivity index (χ3n) is 3.26. The lowest BCUT2D eigenvalue weighted by atomic mass is 10.2. The van der Waals surface area contributed by atoms with E-state index < -0.39 is 0 Å². The molecule has 0 aliphatic heterocycles. The van der Waals surface area contributed by atoms with Crippen LogP contribution in [0.3, 0.4) is 0 Å². The van der Waals surface area contributed by atoms with E-state index >= 15 is 0 Å². The van der Waals surface area contributed by atoms with Gasteiger partial charge in [-0.15, -0.1) is 0 Å². The average Bonchev–Trinajstić information content (AvgIpc) is 2.41. The molecule has 1 rings (SSSR count). The minimum Gasteiger partial charge on any atom is -0.311 e. The van der Waals surface area contributed by atoms with Gasteiger partial charge in [-0.05, 0) is 25.6 Å². The summed E-state index contributed by atoms with van der Waals surface area (Å²) in [4.78, 5) is 4.81. The number of nitrogens with zero attached hydrogens (tertiary/aromatic N) is 2. The minimum absolute atomic E-state index is 0.728. The Balaban J connectivity index is 2.23. The van der Waals surface area contributed by atoms with E-state index in [1.807, 2.05) is 0 Å². The number of hydrogen-bond donors (Lipinski definition) is 1. The molecule has 0 atom stereocenters. The molecular formula is C17H31N3. The van der Waals surface area contributed by atoms with E-state index in [1.165, 1.54) is 12.1 Å². The first-order valence-electron chi connectivity index (χ1n) is 7.69. The molecule has 0 heterocycles. The van der Waals surface area contributed by atoms with Crippen LogP contribution in [-0.2, 0) is 6.54 Å². The fourth-order valence-corrected chi connectivity index (χ4v) is 2.22. The molecule has 0 aliphatic carbocycles. The van der Waals surface area contributed by atoms with Crippen molar-refractivity contribution in [3.05, 3.63) is 35.9 Å². The van der Waals surface area contributed by atoms with Crippen molar-refractivity contribution < 1.29 is 0 Å². The summed E-state index contributed by atoms with van der Waals surface area (Å²) in [5.41, 5.74) is 1.36. The fraction of sp³-hybridized carbons (Fsp3) is 0.647. The molecule has 1 aromatic carbocycles. The Bertz CT molecular complexity index is 335. The maximum absolute atomic E-state index is 3.54. The highest BCUT2D eigenvalue weighted by atomic mass is 15.2. The van der Waals surface area contributed by atoms with Gasteiger partial charge in [0, 0.05) is 39.3 Å². The summed E-state index contributed by atoms with van der Waals surface area (Å²) in [5, 5.41) is 3.54. The van der Waals surface area contributed by atoms with Gasteiger partial charge in [0.2, 0.25) is 0 Å². The molecule has 1 N–H and O–H groups in total. The van der Waals surface area contributed by atoms with Crippen LogP contribution in [0.1, 0.15) is 19.4 Å². The smallest absolute Gasteiger partial charge is 0.0206 e. The van der Waals surface area contributed by atoms with Crippen LogP contribution in [-0.4, -0.2) is 56.6 Å². The fourth-order valence-electron chi connectivity index (χ4n) is 2.22.